The van der Waals surface area contributed by atoms with E-state index in [0.717, 1.165) is 17.9 Å². The fourth-order valence-electron chi connectivity index (χ4n) is 2.39. The molecule has 6 heteroatoms. The van der Waals surface area contributed by atoms with Crippen LogP contribution in [0.2, 0.25) is 0 Å². The molecule has 2 N–H and O–H groups in total. The van der Waals surface area contributed by atoms with Gasteiger partial charge in [0.05, 0.1) is 24.9 Å². The third kappa shape index (κ3) is 7.48. The Morgan fingerprint density at radius 1 is 1.04 bits per heavy atom. The number of benzene rings is 2. The third-order valence-corrected chi connectivity index (χ3v) is 4.07. The summed E-state index contributed by atoms with van der Waals surface area (Å²) in [4.78, 5) is 12.3. The van der Waals surface area contributed by atoms with E-state index in [2.05, 4.69) is 17.6 Å². The minimum atomic E-state index is -0.152. The maximum absolute atomic E-state index is 12.3. The van der Waals surface area contributed by atoms with E-state index in [1.165, 1.54) is 0 Å². The average Bonchev–Trinajstić information content (AvgIpc) is 2.71. The molecule has 0 aromatic heterocycles. The van der Waals surface area contributed by atoms with Crippen molar-refractivity contribution in [1.82, 2.24) is 0 Å². The van der Waals surface area contributed by atoms with Crippen LogP contribution in [-0.4, -0.2) is 38.4 Å². The van der Waals surface area contributed by atoms with E-state index in [1.807, 2.05) is 62.4 Å². The molecule has 0 fully saturated rings. The molecule has 6 nitrogen and oxygen atoms in total. The molecule has 0 aliphatic rings. The second-order valence-electron chi connectivity index (χ2n) is 6.30. The SMILES string of the molecule is CCOCCOc1ccccc1NC(=O)CNc1ccc(OC(C)CC)cc1. The Bertz CT molecular complexity index is 719. The van der Waals surface area contributed by atoms with E-state index in [0.29, 0.717) is 31.3 Å². The molecule has 1 amide bonds. The molecule has 0 aliphatic heterocycles. The Hall–Kier alpha value is -2.73. The van der Waals surface area contributed by atoms with E-state index in [4.69, 9.17) is 14.2 Å². The van der Waals surface area contributed by atoms with Crippen molar-refractivity contribution in [3.05, 3.63) is 48.5 Å². The van der Waals surface area contributed by atoms with E-state index >= 15 is 0 Å². The summed E-state index contributed by atoms with van der Waals surface area (Å²) in [5.41, 5.74) is 1.50. The van der Waals surface area contributed by atoms with Gasteiger partial charge < -0.3 is 24.8 Å². The Morgan fingerprint density at radius 3 is 2.50 bits per heavy atom. The number of anilines is 2. The molecule has 28 heavy (non-hydrogen) atoms. The number of carbonyl (C=O) groups is 1. The largest absolute Gasteiger partial charge is 0.491 e. The van der Waals surface area contributed by atoms with Crippen LogP contribution in [0, 0.1) is 0 Å². The lowest BCUT2D eigenvalue weighted by Crippen LogP contribution is -2.22. The minimum absolute atomic E-state index is 0.152. The van der Waals surface area contributed by atoms with E-state index in [-0.39, 0.29) is 18.6 Å². The second-order valence-corrected chi connectivity index (χ2v) is 6.30. The maximum Gasteiger partial charge on any atom is 0.243 e. The van der Waals surface area contributed by atoms with Crippen molar-refractivity contribution in [2.24, 2.45) is 0 Å². The molecule has 2 aromatic carbocycles. The Kier molecular flexibility index (Phi) is 9.15. The molecule has 0 radical (unpaired) electrons. The number of hydrogen-bond donors (Lipinski definition) is 2. The Balaban J connectivity index is 1.82. The summed E-state index contributed by atoms with van der Waals surface area (Å²) in [6.07, 6.45) is 1.14. The van der Waals surface area contributed by atoms with Gasteiger partial charge in [0, 0.05) is 12.3 Å². The van der Waals surface area contributed by atoms with Gasteiger partial charge in [-0.1, -0.05) is 19.1 Å². The van der Waals surface area contributed by atoms with Crippen molar-refractivity contribution in [3.8, 4) is 11.5 Å². The van der Waals surface area contributed by atoms with Gasteiger partial charge >= 0.3 is 0 Å². The highest BCUT2D eigenvalue weighted by molar-refractivity contribution is 5.95. The van der Waals surface area contributed by atoms with Gasteiger partial charge in [-0.2, -0.15) is 0 Å². The van der Waals surface area contributed by atoms with Gasteiger partial charge in [-0.25, -0.2) is 0 Å². The maximum atomic E-state index is 12.3. The lowest BCUT2D eigenvalue weighted by atomic mass is 10.2. The fraction of sp³-hybridized carbons (Fsp3) is 0.409. The predicted molar refractivity (Wildman–Crippen MR) is 112 cm³/mol. The van der Waals surface area contributed by atoms with Gasteiger partial charge in [-0.15, -0.1) is 0 Å². The van der Waals surface area contributed by atoms with Crippen LogP contribution in [0.5, 0.6) is 11.5 Å². The molecule has 0 bridgehead atoms. The summed E-state index contributed by atoms with van der Waals surface area (Å²) in [5, 5.41) is 5.98. The predicted octanol–water partition coefficient (Wildman–Crippen LogP) is 4.33. The van der Waals surface area contributed by atoms with Crippen LogP contribution in [-0.2, 0) is 9.53 Å². The lowest BCUT2D eigenvalue weighted by Gasteiger charge is -2.14. The molecule has 0 saturated carbocycles. The first kappa shape index (κ1) is 21.6. The summed E-state index contributed by atoms with van der Waals surface area (Å²) in [6.45, 7) is 7.81. The number of hydrogen-bond acceptors (Lipinski definition) is 5. The number of ether oxygens (including phenoxy) is 3. The Labute approximate surface area is 167 Å². The van der Waals surface area contributed by atoms with Crippen LogP contribution >= 0.6 is 0 Å². The highest BCUT2D eigenvalue weighted by Gasteiger charge is 2.08. The summed E-state index contributed by atoms with van der Waals surface area (Å²) in [6, 6.07) is 15.0. The summed E-state index contributed by atoms with van der Waals surface area (Å²) in [7, 11) is 0. The van der Waals surface area contributed by atoms with Gasteiger partial charge in [-0.05, 0) is 56.7 Å². The zero-order valence-electron chi connectivity index (χ0n) is 16.9. The van der Waals surface area contributed by atoms with Gasteiger partial charge in [-0.3, -0.25) is 4.79 Å². The zero-order chi connectivity index (χ0) is 20.2. The fourth-order valence-corrected chi connectivity index (χ4v) is 2.39. The molecule has 2 aromatic rings. The molecule has 152 valence electrons. The van der Waals surface area contributed by atoms with Crippen molar-refractivity contribution >= 4 is 17.3 Å². The van der Waals surface area contributed by atoms with Crippen molar-refractivity contribution in [2.75, 3.05) is 37.0 Å². The van der Waals surface area contributed by atoms with Crippen molar-refractivity contribution < 1.29 is 19.0 Å². The average molecular weight is 386 g/mol. The molecule has 1 atom stereocenters. The number of nitrogens with one attached hydrogen (secondary N) is 2. The number of amides is 1. The molecule has 0 spiro atoms. The first-order valence-electron chi connectivity index (χ1n) is 9.72. The van der Waals surface area contributed by atoms with Crippen LogP contribution < -0.4 is 20.1 Å². The zero-order valence-corrected chi connectivity index (χ0v) is 16.9. The third-order valence-electron chi connectivity index (χ3n) is 4.07. The van der Waals surface area contributed by atoms with Crippen LogP contribution in [0.25, 0.3) is 0 Å². The molecular formula is C22H30N2O4. The number of para-hydroxylation sites is 2. The van der Waals surface area contributed by atoms with E-state index in [9.17, 15) is 4.79 Å². The number of rotatable bonds is 12. The smallest absolute Gasteiger partial charge is 0.243 e. The quantitative estimate of drug-likeness (QED) is 0.532. The highest BCUT2D eigenvalue weighted by Crippen LogP contribution is 2.23. The number of carbonyl (C=O) groups excluding carboxylic acids is 1. The minimum Gasteiger partial charge on any atom is -0.491 e. The lowest BCUT2D eigenvalue weighted by molar-refractivity contribution is -0.114. The van der Waals surface area contributed by atoms with Crippen molar-refractivity contribution in [1.29, 1.82) is 0 Å². The molecular weight excluding hydrogens is 356 g/mol. The van der Waals surface area contributed by atoms with Gasteiger partial charge in [0.15, 0.2) is 0 Å². The topological polar surface area (TPSA) is 68.8 Å². The molecule has 0 heterocycles. The monoisotopic (exact) mass is 386 g/mol. The van der Waals surface area contributed by atoms with Gasteiger partial charge in [0.1, 0.15) is 18.1 Å². The molecule has 1 unspecified atom stereocenters. The van der Waals surface area contributed by atoms with Crippen LogP contribution in [0.3, 0.4) is 0 Å². The van der Waals surface area contributed by atoms with Crippen molar-refractivity contribution in [2.45, 2.75) is 33.3 Å². The normalized spacial score (nSPS) is 11.5. The Morgan fingerprint density at radius 2 is 1.79 bits per heavy atom. The van der Waals surface area contributed by atoms with Crippen LogP contribution in [0.1, 0.15) is 27.2 Å². The highest BCUT2D eigenvalue weighted by atomic mass is 16.5. The van der Waals surface area contributed by atoms with E-state index < -0.39 is 0 Å². The van der Waals surface area contributed by atoms with Crippen LogP contribution in [0.15, 0.2) is 48.5 Å². The summed E-state index contributed by atoms with van der Waals surface area (Å²) in [5.74, 6) is 1.30. The summed E-state index contributed by atoms with van der Waals surface area (Å²) < 4.78 is 16.7. The second kappa shape index (κ2) is 11.9. The first-order valence-corrected chi connectivity index (χ1v) is 9.72. The van der Waals surface area contributed by atoms with E-state index in [1.54, 1.807) is 0 Å². The van der Waals surface area contributed by atoms with Crippen LogP contribution in [0.4, 0.5) is 11.4 Å². The first-order chi connectivity index (χ1) is 13.6. The van der Waals surface area contributed by atoms with Crippen molar-refractivity contribution in [3.63, 3.8) is 0 Å². The molecule has 0 saturated heterocycles. The van der Waals surface area contributed by atoms with Gasteiger partial charge in [0.25, 0.3) is 0 Å². The molecule has 0 aliphatic carbocycles. The standard InChI is InChI=1S/C22H30N2O4/c1-4-17(3)28-19-12-10-18(11-13-19)23-16-22(25)24-20-8-6-7-9-21(20)27-15-14-26-5-2/h6-13,17,23H,4-5,14-16H2,1-3H3,(H,24,25). The summed E-state index contributed by atoms with van der Waals surface area (Å²) >= 11 is 0. The van der Waals surface area contributed by atoms with Gasteiger partial charge in [0.2, 0.25) is 5.91 Å². The molecule has 2 rings (SSSR count).